The molecule has 0 aliphatic rings. The van der Waals surface area contributed by atoms with Crippen LogP contribution >= 0.6 is 54.8 Å². The second-order valence-electron chi connectivity index (χ2n) is 3.68. The minimum absolute atomic E-state index is 0.244. The van der Waals surface area contributed by atoms with Crippen molar-refractivity contribution in [2.45, 2.75) is 5.92 Å². The van der Waals surface area contributed by atoms with Gasteiger partial charge in [0.25, 0.3) is 0 Å². The minimum Gasteiger partial charge on any atom is -0.291 e. The maximum Gasteiger partial charge on any atom is 0.194 e. The number of halogens is 3. The summed E-state index contributed by atoms with van der Waals surface area (Å²) in [7, 11) is 0. The van der Waals surface area contributed by atoms with Crippen LogP contribution in [0.3, 0.4) is 0 Å². The van der Waals surface area contributed by atoms with Gasteiger partial charge in [-0.05, 0) is 49.6 Å². The Morgan fingerprint density at radius 3 is 2.58 bits per heavy atom. The normalized spacial score (nSPS) is 11.9. The Labute approximate surface area is 136 Å². The van der Waals surface area contributed by atoms with Crippen molar-refractivity contribution in [2.75, 3.05) is 0 Å². The predicted molar refractivity (Wildman–Crippen MR) is 83.9 cm³/mol. The fourth-order valence-corrected chi connectivity index (χ4v) is 3.84. The molecule has 0 N–H and O–H groups in total. The third-order valence-corrected chi connectivity index (χ3v) is 6.11. The van der Waals surface area contributed by atoms with E-state index in [2.05, 4.69) is 31.9 Å². The lowest BCUT2D eigenvalue weighted by Crippen LogP contribution is -2.10. The van der Waals surface area contributed by atoms with Gasteiger partial charge in [-0.3, -0.25) is 4.79 Å². The largest absolute Gasteiger partial charge is 0.291 e. The highest BCUT2D eigenvalue weighted by Crippen LogP contribution is 2.35. The summed E-state index contributed by atoms with van der Waals surface area (Å²) < 4.78 is 1.63. The topological polar surface area (TPSA) is 40.9 Å². The lowest BCUT2D eigenvalue weighted by molar-refractivity contribution is 0.0983. The number of carbonyl (C=O) groups is 1. The van der Waals surface area contributed by atoms with Gasteiger partial charge in [-0.1, -0.05) is 29.8 Å². The first kappa shape index (κ1) is 14.7. The summed E-state index contributed by atoms with van der Waals surface area (Å²) in [6.45, 7) is 0. The van der Waals surface area contributed by atoms with Gasteiger partial charge >= 0.3 is 0 Å². The molecule has 1 aromatic carbocycles. The number of nitriles is 1. The molecule has 96 valence electrons. The summed E-state index contributed by atoms with van der Waals surface area (Å²) in [5.74, 6) is -1.13. The number of hydrogen-bond donors (Lipinski definition) is 0. The average molecular weight is 420 g/mol. The highest BCUT2D eigenvalue weighted by Gasteiger charge is 2.25. The molecule has 1 atom stereocenters. The van der Waals surface area contributed by atoms with Crippen molar-refractivity contribution in [3.05, 3.63) is 54.1 Å². The van der Waals surface area contributed by atoms with Gasteiger partial charge in [-0.15, -0.1) is 11.3 Å². The number of benzene rings is 1. The maximum atomic E-state index is 12.4. The van der Waals surface area contributed by atoms with Crippen LogP contribution in [-0.2, 0) is 0 Å². The molecule has 0 aliphatic carbocycles. The van der Waals surface area contributed by atoms with Crippen LogP contribution in [0.15, 0.2) is 38.6 Å². The molecule has 2 rings (SSSR count). The van der Waals surface area contributed by atoms with E-state index in [0.717, 1.165) is 8.26 Å². The van der Waals surface area contributed by atoms with E-state index in [0.29, 0.717) is 15.5 Å². The predicted octanol–water partition coefficient (Wildman–Crippen LogP) is 5.42. The molecule has 0 saturated heterocycles. The summed E-state index contributed by atoms with van der Waals surface area (Å²) in [5, 5.41) is 9.69. The molecule has 2 nitrogen and oxygen atoms in total. The van der Waals surface area contributed by atoms with Crippen molar-refractivity contribution < 1.29 is 4.79 Å². The summed E-state index contributed by atoms with van der Waals surface area (Å²) in [6, 6.07) is 10.6. The molecular weight excluding hydrogens is 413 g/mol. The molecule has 0 aliphatic heterocycles. The molecule has 0 saturated carbocycles. The summed E-state index contributed by atoms with van der Waals surface area (Å²) >= 11 is 14.0. The molecule has 6 heteroatoms. The van der Waals surface area contributed by atoms with E-state index in [1.165, 1.54) is 11.3 Å². The first-order chi connectivity index (χ1) is 9.04. The average Bonchev–Trinajstić information content (AvgIpc) is 2.73. The second-order valence-corrected chi connectivity index (χ2v) is 7.31. The quantitative estimate of drug-likeness (QED) is 0.624. The monoisotopic (exact) mass is 417 g/mol. The molecule has 2 aromatic rings. The van der Waals surface area contributed by atoms with Gasteiger partial charge in [0.05, 0.1) is 14.7 Å². The van der Waals surface area contributed by atoms with Crippen molar-refractivity contribution in [3.63, 3.8) is 0 Å². The zero-order chi connectivity index (χ0) is 14.0. The summed E-state index contributed by atoms with van der Waals surface area (Å²) in [5.41, 5.74) is 0.539. The van der Waals surface area contributed by atoms with Gasteiger partial charge < -0.3 is 0 Å². The minimum atomic E-state index is -0.883. The van der Waals surface area contributed by atoms with Gasteiger partial charge in [0.2, 0.25) is 0 Å². The third-order valence-electron chi connectivity index (χ3n) is 2.50. The van der Waals surface area contributed by atoms with Gasteiger partial charge in [-0.2, -0.15) is 5.26 Å². The second kappa shape index (κ2) is 6.19. The van der Waals surface area contributed by atoms with Crippen LogP contribution in [0, 0.1) is 11.3 Å². The van der Waals surface area contributed by atoms with Crippen molar-refractivity contribution in [2.24, 2.45) is 0 Å². The fraction of sp³-hybridized carbons (Fsp3) is 0.0769. The highest BCUT2D eigenvalue weighted by molar-refractivity contribution is 9.13. The molecule has 1 unspecified atom stereocenters. The van der Waals surface area contributed by atoms with Crippen LogP contribution < -0.4 is 0 Å². The molecule has 1 heterocycles. The van der Waals surface area contributed by atoms with Crippen LogP contribution in [0.25, 0.3) is 0 Å². The Morgan fingerprint density at radius 2 is 2.05 bits per heavy atom. The Balaban J connectivity index is 2.41. The highest BCUT2D eigenvalue weighted by atomic mass is 79.9. The van der Waals surface area contributed by atoms with E-state index in [1.54, 1.807) is 30.3 Å². The summed E-state index contributed by atoms with van der Waals surface area (Å²) in [4.78, 5) is 12.9. The van der Waals surface area contributed by atoms with E-state index in [4.69, 9.17) is 11.6 Å². The van der Waals surface area contributed by atoms with E-state index in [-0.39, 0.29) is 5.78 Å². The number of Topliss-reactive ketones (excluding diaryl/α,β-unsaturated/α-hetero) is 1. The SMILES string of the molecule is N#CC(C(=O)c1cc(Br)c(Br)s1)c1ccccc1Cl. The first-order valence-electron chi connectivity index (χ1n) is 5.17. The smallest absolute Gasteiger partial charge is 0.194 e. The third kappa shape index (κ3) is 3.09. The number of ketones is 1. The molecular formula is C13H6Br2ClNOS. The van der Waals surface area contributed by atoms with Crippen molar-refractivity contribution in [1.29, 1.82) is 5.26 Å². The van der Waals surface area contributed by atoms with Crippen molar-refractivity contribution in [1.82, 2.24) is 0 Å². The van der Waals surface area contributed by atoms with Crippen LogP contribution in [-0.4, -0.2) is 5.78 Å². The van der Waals surface area contributed by atoms with Gasteiger partial charge in [0.15, 0.2) is 5.78 Å². The standard InChI is InChI=1S/C13H6Br2ClNOS/c14-9-5-11(19-13(9)15)12(18)8(6-17)7-3-1-2-4-10(7)16/h1-5,8H. The fourth-order valence-electron chi connectivity index (χ4n) is 1.59. The Hall–Kier alpha value is -0.670. The molecule has 19 heavy (non-hydrogen) atoms. The van der Waals surface area contributed by atoms with Crippen LogP contribution in [0.1, 0.15) is 21.2 Å². The number of nitrogens with zero attached hydrogens (tertiary/aromatic N) is 1. The van der Waals surface area contributed by atoms with Gasteiger partial charge in [0.1, 0.15) is 5.92 Å². The zero-order valence-electron chi connectivity index (χ0n) is 9.36. The number of carbonyl (C=O) groups excluding carboxylic acids is 1. The molecule has 0 fully saturated rings. The Morgan fingerprint density at radius 1 is 1.37 bits per heavy atom. The van der Waals surface area contributed by atoms with Gasteiger partial charge in [-0.25, -0.2) is 0 Å². The molecule has 0 radical (unpaired) electrons. The van der Waals surface area contributed by atoms with Gasteiger partial charge in [0, 0.05) is 9.50 Å². The van der Waals surface area contributed by atoms with Crippen LogP contribution in [0.5, 0.6) is 0 Å². The van der Waals surface area contributed by atoms with Crippen molar-refractivity contribution >= 4 is 60.6 Å². The molecule has 0 amide bonds. The molecule has 1 aromatic heterocycles. The number of thiophene rings is 1. The van der Waals surface area contributed by atoms with Crippen LogP contribution in [0.2, 0.25) is 5.02 Å². The van der Waals surface area contributed by atoms with Crippen LogP contribution in [0.4, 0.5) is 0 Å². The van der Waals surface area contributed by atoms with E-state index >= 15 is 0 Å². The lowest BCUT2D eigenvalue weighted by atomic mass is 9.95. The van der Waals surface area contributed by atoms with E-state index in [1.807, 2.05) is 6.07 Å². The first-order valence-corrected chi connectivity index (χ1v) is 7.95. The summed E-state index contributed by atoms with van der Waals surface area (Å²) in [6.07, 6.45) is 0. The van der Waals surface area contributed by atoms with E-state index in [9.17, 15) is 10.1 Å². The maximum absolute atomic E-state index is 12.4. The molecule has 0 bridgehead atoms. The Bertz CT molecular complexity index is 658. The Kier molecular flexibility index (Phi) is 4.80. The zero-order valence-corrected chi connectivity index (χ0v) is 14.1. The number of rotatable bonds is 3. The lowest BCUT2D eigenvalue weighted by Gasteiger charge is -2.08. The number of hydrogen-bond acceptors (Lipinski definition) is 3. The molecule has 0 spiro atoms. The van der Waals surface area contributed by atoms with E-state index < -0.39 is 5.92 Å². The van der Waals surface area contributed by atoms with Crippen molar-refractivity contribution in [3.8, 4) is 6.07 Å².